The third-order valence-corrected chi connectivity index (χ3v) is 2.54. The molecule has 1 amide bonds. The van der Waals surface area contributed by atoms with Gasteiger partial charge < -0.3 is 4.90 Å². The molecule has 3 heteroatoms. The average molecular weight is 190 g/mol. The molecule has 0 atom stereocenters. The van der Waals surface area contributed by atoms with Crippen LogP contribution in [0.2, 0.25) is 0 Å². The van der Waals surface area contributed by atoms with E-state index in [0.29, 0.717) is 0 Å². The summed E-state index contributed by atoms with van der Waals surface area (Å²) in [6.07, 6.45) is 3.96. The van der Waals surface area contributed by atoms with Crippen LogP contribution in [0, 0.1) is 6.92 Å². The molecule has 0 N–H and O–H groups in total. The lowest BCUT2D eigenvalue weighted by Gasteiger charge is -2.14. The van der Waals surface area contributed by atoms with Gasteiger partial charge in [0.05, 0.1) is 0 Å². The van der Waals surface area contributed by atoms with Crippen molar-refractivity contribution in [1.82, 2.24) is 9.88 Å². The van der Waals surface area contributed by atoms with Gasteiger partial charge in [0, 0.05) is 30.5 Å². The van der Waals surface area contributed by atoms with Crippen molar-refractivity contribution in [3.05, 3.63) is 29.6 Å². The molecule has 1 aliphatic heterocycles. The molecule has 0 saturated carbocycles. The minimum atomic E-state index is 0.146. The molecule has 0 radical (unpaired) electrons. The van der Waals surface area contributed by atoms with Gasteiger partial charge in [-0.3, -0.25) is 9.78 Å². The molecule has 1 aromatic rings. The van der Waals surface area contributed by atoms with Crippen LogP contribution in [-0.2, 0) is 0 Å². The second-order valence-electron chi connectivity index (χ2n) is 3.69. The maximum Gasteiger partial charge on any atom is 0.253 e. The van der Waals surface area contributed by atoms with Crippen molar-refractivity contribution < 1.29 is 4.79 Å². The minimum Gasteiger partial charge on any atom is -0.339 e. The van der Waals surface area contributed by atoms with Gasteiger partial charge in [0.2, 0.25) is 0 Å². The van der Waals surface area contributed by atoms with Crippen molar-refractivity contribution in [3.8, 4) is 0 Å². The van der Waals surface area contributed by atoms with E-state index in [1.807, 2.05) is 17.9 Å². The molecule has 2 heterocycles. The van der Waals surface area contributed by atoms with Crippen molar-refractivity contribution in [1.29, 1.82) is 0 Å². The van der Waals surface area contributed by atoms with Crippen molar-refractivity contribution in [2.24, 2.45) is 0 Å². The number of aryl methyl sites for hydroxylation is 1. The second-order valence-corrected chi connectivity index (χ2v) is 3.69. The molecule has 2 rings (SSSR count). The highest BCUT2D eigenvalue weighted by molar-refractivity contribution is 5.94. The molecule has 1 aliphatic rings. The molecule has 1 fully saturated rings. The summed E-state index contributed by atoms with van der Waals surface area (Å²) in [5.41, 5.74) is 1.66. The Labute approximate surface area is 83.8 Å². The Balaban J connectivity index is 2.17. The zero-order valence-corrected chi connectivity index (χ0v) is 8.36. The maximum absolute atomic E-state index is 11.9. The molecular weight excluding hydrogens is 176 g/mol. The quantitative estimate of drug-likeness (QED) is 0.674. The normalized spacial score (nSPS) is 15.9. The molecule has 74 valence electrons. The predicted octanol–water partition coefficient (Wildman–Crippen LogP) is 1.63. The highest BCUT2D eigenvalue weighted by Crippen LogP contribution is 2.12. The monoisotopic (exact) mass is 190 g/mol. The molecule has 14 heavy (non-hydrogen) atoms. The summed E-state index contributed by atoms with van der Waals surface area (Å²) in [4.78, 5) is 17.9. The number of hydrogen-bond acceptors (Lipinski definition) is 2. The summed E-state index contributed by atoms with van der Waals surface area (Å²) >= 11 is 0. The minimum absolute atomic E-state index is 0.146. The highest BCUT2D eigenvalue weighted by Gasteiger charge is 2.19. The van der Waals surface area contributed by atoms with E-state index < -0.39 is 0 Å². The summed E-state index contributed by atoms with van der Waals surface area (Å²) in [6, 6.07) is 3.63. The van der Waals surface area contributed by atoms with E-state index >= 15 is 0 Å². The van der Waals surface area contributed by atoms with Gasteiger partial charge >= 0.3 is 0 Å². The van der Waals surface area contributed by atoms with E-state index in [4.69, 9.17) is 0 Å². The Kier molecular flexibility index (Phi) is 2.48. The number of carbonyl (C=O) groups excluding carboxylic acids is 1. The van der Waals surface area contributed by atoms with E-state index in [1.165, 1.54) is 0 Å². The summed E-state index contributed by atoms with van der Waals surface area (Å²) in [5, 5.41) is 0. The van der Waals surface area contributed by atoms with Crippen molar-refractivity contribution >= 4 is 5.91 Å². The highest BCUT2D eigenvalue weighted by atomic mass is 16.2. The van der Waals surface area contributed by atoms with Gasteiger partial charge in [-0.05, 0) is 31.9 Å². The third-order valence-electron chi connectivity index (χ3n) is 2.54. The number of nitrogens with zero attached hydrogens (tertiary/aromatic N) is 2. The van der Waals surface area contributed by atoms with Crippen molar-refractivity contribution in [2.75, 3.05) is 13.1 Å². The van der Waals surface area contributed by atoms with Gasteiger partial charge in [-0.1, -0.05) is 0 Å². The lowest BCUT2D eigenvalue weighted by atomic mass is 10.2. The van der Waals surface area contributed by atoms with Crippen LogP contribution in [0.1, 0.15) is 28.9 Å². The number of aromatic nitrogens is 1. The Morgan fingerprint density at radius 3 is 2.79 bits per heavy atom. The second kappa shape index (κ2) is 3.78. The van der Waals surface area contributed by atoms with E-state index in [0.717, 1.165) is 37.2 Å². The summed E-state index contributed by atoms with van der Waals surface area (Å²) < 4.78 is 0. The van der Waals surface area contributed by atoms with Gasteiger partial charge in [0.25, 0.3) is 5.91 Å². The van der Waals surface area contributed by atoms with Crippen molar-refractivity contribution in [3.63, 3.8) is 0 Å². The fraction of sp³-hybridized carbons (Fsp3) is 0.455. The van der Waals surface area contributed by atoms with E-state index in [-0.39, 0.29) is 5.91 Å². The molecule has 0 spiro atoms. The molecular formula is C11H14N2O. The SMILES string of the molecule is Cc1cc(C(=O)N2CCCC2)ccn1. The van der Waals surface area contributed by atoms with E-state index in [1.54, 1.807) is 12.3 Å². The van der Waals surface area contributed by atoms with Gasteiger partial charge in [0.15, 0.2) is 0 Å². The molecule has 1 aromatic heterocycles. The first-order chi connectivity index (χ1) is 6.77. The topological polar surface area (TPSA) is 33.2 Å². The van der Waals surface area contributed by atoms with Gasteiger partial charge in [-0.25, -0.2) is 0 Å². The van der Waals surface area contributed by atoms with Crippen LogP contribution in [0.3, 0.4) is 0 Å². The predicted molar refractivity (Wildman–Crippen MR) is 54.1 cm³/mol. The van der Waals surface area contributed by atoms with Crippen LogP contribution in [0.4, 0.5) is 0 Å². The summed E-state index contributed by atoms with van der Waals surface area (Å²) in [6.45, 7) is 3.71. The number of rotatable bonds is 1. The molecule has 0 unspecified atom stereocenters. The first kappa shape index (κ1) is 9.19. The number of carbonyl (C=O) groups is 1. The van der Waals surface area contributed by atoms with Crippen LogP contribution in [0.25, 0.3) is 0 Å². The Morgan fingerprint density at radius 1 is 1.43 bits per heavy atom. The summed E-state index contributed by atoms with van der Waals surface area (Å²) in [5.74, 6) is 0.146. The van der Waals surface area contributed by atoms with Crippen LogP contribution in [0.15, 0.2) is 18.3 Å². The molecule has 0 bridgehead atoms. The molecule has 1 saturated heterocycles. The zero-order chi connectivity index (χ0) is 9.97. The molecule has 3 nitrogen and oxygen atoms in total. The van der Waals surface area contributed by atoms with Crippen LogP contribution >= 0.6 is 0 Å². The fourth-order valence-corrected chi connectivity index (χ4v) is 1.78. The summed E-state index contributed by atoms with van der Waals surface area (Å²) in [7, 11) is 0. The molecule has 0 aliphatic carbocycles. The standard InChI is InChI=1S/C11H14N2O/c1-9-8-10(4-5-12-9)11(14)13-6-2-3-7-13/h4-5,8H,2-3,6-7H2,1H3. The number of likely N-dealkylation sites (tertiary alicyclic amines) is 1. The Hall–Kier alpha value is -1.38. The van der Waals surface area contributed by atoms with Crippen LogP contribution in [-0.4, -0.2) is 28.9 Å². The van der Waals surface area contributed by atoms with Crippen LogP contribution < -0.4 is 0 Å². The number of amides is 1. The van der Waals surface area contributed by atoms with Crippen molar-refractivity contribution in [2.45, 2.75) is 19.8 Å². The van der Waals surface area contributed by atoms with Gasteiger partial charge in [0.1, 0.15) is 0 Å². The van der Waals surface area contributed by atoms with Gasteiger partial charge in [-0.2, -0.15) is 0 Å². The number of pyridine rings is 1. The van der Waals surface area contributed by atoms with Gasteiger partial charge in [-0.15, -0.1) is 0 Å². The fourth-order valence-electron chi connectivity index (χ4n) is 1.78. The van der Waals surface area contributed by atoms with E-state index in [2.05, 4.69) is 4.98 Å². The first-order valence-electron chi connectivity index (χ1n) is 4.99. The molecule has 0 aromatic carbocycles. The lowest BCUT2D eigenvalue weighted by Crippen LogP contribution is -2.27. The number of hydrogen-bond donors (Lipinski definition) is 0. The Morgan fingerprint density at radius 2 is 2.14 bits per heavy atom. The van der Waals surface area contributed by atoms with Crippen LogP contribution in [0.5, 0.6) is 0 Å². The third kappa shape index (κ3) is 1.76. The largest absolute Gasteiger partial charge is 0.339 e. The smallest absolute Gasteiger partial charge is 0.253 e. The lowest BCUT2D eigenvalue weighted by molar-refractivity contribution is 0.0792. The average Bonchev–Trinajstić information content (AvgIpc) is 2.69. The first-order valence-corrected chi connectivity index (χ1v) is 4.99. The van der Waals surface area contributed by atoms with E-state index in [9.17, 15) is 4.79 Å². The zero-order valence-electron chi connectivity index (χ0n) is 8.36. The maximum atomic E-state index is 11.9. The Bertz CT molecular complexity index is 343.